The second-order valence-electron chi connectivity index (χ2n) is 5.49. The van der Waals surface area contributed by atoms with Crippen LogP contribution in [0, 0.1) is 0 Å². The molecule has 1 N–H and O–H groups in total. The van der Waals surface area contributed by atoms with Gasteiger partial charge in [0.2, 0.25) is 0 Å². The SMILES string of the molecule is CCN(CC)C(=O)N[C@H](COC(=O)/C=C/C(=O)OC)Cc1ccccc1. The monoisotopic (exact) mass is 362 g/mol. The predicted molar refractivity (Wildman–Crippen MR) is 97.5 cm³/mol. The minimum absolute atomic E-state index is 0.00769. The molecule has 0 radical (unpaired) electrons. The topological polar surface area (TPSA) is 84.9 Å². The number of nitrogens with zero attached hydrogens (tertiary/aromatic N) is 1. The molecular formula is C19H26N2O5. The van der Waals surface area contributed by atoms with Crippen molar-refractivity contribution >= 4 is 18.0 Å². The highest BCUT2D eigenvalue weighted by Crippen LogP contribution is 2.05. The number of amides is 2. The lowest BCUT2D eigenvalue weighted by atomic mass is 10.1. The number of hydrogen-bond donors (Lipinski definition) is 1. The van der Waals surface area contributed by atoms with Crippen molar-refractivity contribution in [2.24, 2.45) is 0 Å². The van der Waals surface area contributed by atoms with Crippen molar-refractivity contribution in [1.82, 2.24) is 10.2 Å². The van der Waals surface area contributed by atoms with E-state index in [1.54, 1.807) is 4.90 Å². The number of methoxy groups -OCH3 is 1. The number of urea groups is 1. The predicted octanol–water partition coefficient (Wildman–Crippen LogP) is 1.92. The summed E-state index contributed by atoms with van der Waals surface area (Å²) in [5, 5.41) is 2.89. The smallest absolute Gasteiger partial charge is 0.331 e. The molecule has 0 saturated heterocycles. The number of ether oxygens (including phenoxy) is 2. The van der Waals surface area contributed by atoms with E-state index < -0.39 is 11.9 Å². The van der Waals surface area contributed by atoms with Crippen LogP contribution in [-0.4, -0.2) is 55.7 Å². The van der Waals surface area contributed by atoms with E-state index in [9.17, 15) is 14.4 Å². The number of benzene rings is 1. The van der Waals surface area contributed by atoms with Crippen LogP contribution in [0.2, 0.25) is 0 Å². The maximum Gasteiger partial charge on any atom is 0.331 e. The van der Waals surface area contributed by atoms with Crippen LogP contribution in [0.3, 0.4) is 0 Å². The number of carbonyl (C=O) groups excluding carboxylic acids is 3. The van der Waals surface area contributed by atoms with Gasteiger partial charge >= 0.3 is 18.0 Å². The van der Waals surface area contributed by atoms with E-state index in [1.807, 2.05) is 44.2 Å². The Labute approximate surface area is 154 Å². The molecule has 142 valence electrons. The molecule has 7 nitrogen and oxygen atoms in total. The highest BCUT2D eigenvalue weighted by molar-refractivity contribution is 5.91. The summed E-state index contributed by atoms with van der Waals surface area (Å²) in [6.07, 6.45) is 2.50. The van der Waals surface area contributed by atoms with Gasteiger partial charge in [-0.3, -0.25) is 0 Å². The van der Waals surface area contributed by atoms with E-state index in [1.165, 1.54) is 7.11 Å². The molecule has 1 rings (SSSR count). The molecule has 1 atom stereocenters. The molecule has 0 aliphatic rings. The van der Waals surface area contributed by atoms with Crippen LogP contribution in [0.4, 0.5) is 4.79 Å². The van der Waals surface area contributed by atoms with Crippen molar-refractivity contribution in [3.8, 4) is 0 Å². The second kappa shape index (κ2) is 11.7. The molecule has 0 fully saturated rings. The normalized spacial score (nSPS) is 11.7. The van der Waals surface area contributed by atoms with Gasteiger partial charge < -0.3 is 19.7 Å². The molecule has 0 aliphatic heterocycles. The summed E-state index contributed by atoms with van der Waals surface area (Å²) in [7, 11) is 1.22. The number of carbonyl (C=O) groups is 3. The van der Waals surface area contributed by atoms with Gasteiger partial charge in [0.25, 0.3) is 0 Å². The van der Waals surface area contributed by atoms with E-state index in [4.69, 9.17) is 4.74 Å². The molecule has 0 spiro atoms. The molecule has 0 heterocycles. The molecule has 1 aromatic carbocycles. The summed E-state index contributed by atoms with van der Waals surface area (Å²) in [6, 6.07) is 9.00. The van der Waals surface area contributed by atoms with E-state index in [-0.39, 0.29) is 18.7 Å². The van der Waals surface area contributed by atoms with Crippen LogP contribution in [0.5, 0.6) is 0 Å². The lowest BCUT2D eigenvalue weighted by Crippen LogP contribution is -2.47. The van der Waals surface area contributed by atoms with Crippen molar-refractivity contribution in [1.29, 1.82) is 0 Å². The van der Waals surface area contributed by atoms with Crippen LogP contribution in [0.25, 0.3) is 0 Å². The van der Waals surface area contributed by atoms with Gasteiger partial charge in [0, 0.05) is 25.2 Å². The van der Waals surface area contributed by atoms with Crippen molar-refractivity contribution < 1.29 is 23.9 Å². The van der Waals surface area contributed by atoms with E-state index in [0.29, 0.717) is 19.5 Å². The number of esters is 2. The molecule has 26 heavy (non-hydrogen) atoms. The number of nitrogens with one attached hydrogen (secondary N) is 1. The van der Waals surface area contributed by atoms with Gasteiger partial charge in [0.1, 0.15) is 6.61 Å². The molecule has 2 amide bonds. The van der Waals surface area contributed by atoms with Crippen LogP contribution in [0.15, 0.2) is 42.5 Å². The van der Waals surface area contributed by atoms with Gasteiger partial charge in [-0.15, -0.1) is 0 Å². The first-order valence-corrected chi connectivity index (χ1v) is 8.52. The third kappa shape index (κ3) is 7.83. The minimum Gasteiger partial charge on any atom is -0.466 e. The zero-order chi connectivity index (χ0) is 19.4. The third-order valence-electron chi connectivity index (χ3n) is 3.69. The fraction of sp³-hybridized carbons (Fsp3) is 0.421. The Morgan fingerprint density at radius 1 is 1.08 bits per heavy atom. The Hall–Kier alpha value is -2.83. The van der Waals surface area contributed by atoms with E-state index in [0.717, 1.165) is 17.7 Å². The fourth-order valence-corrected chi connectivity index (χ4v) is 2.26. The Morgan fingerprint density at radius 2 is 1.69 bits per heavy atom. The van der Waals surface area contributed by atoms with Crippen LogP contribution >= 0.6 is 0 Å². The lowest BCUT2D eigenvalue weighted by Gasteiger charge is -2.24. The molecule has 0 aliphatic carbocycles. The average Bonchev–Trinajstić information content (AvgIpc) is 2.65. The second-order valence-corrected chi connectivity index (χ2v) is 5.49. The van der Waals surface area contributed by atoms with Gasteiger partial charge in [-0.25, -0.2) is 14.4 Å². The van der Waals surface area contributed by atoms with Gasteiger partial charge in [0.15, 0.2) is 0 Å². The van der Waals surface area contributed by atoms with Crippen molar-refractivity contribution in [3.63, 3.8) is 0 Å². The largest absolute Gasteiger partial charge is 0.466 e. The molecule has 0 bridgehead atoms. The average molecular weight is 362 g/mol. The van der Waals surface area contributed by atoms with Crippen LogP contribution < -0.4 is 5.32 Å². The molecular weight excluding hydrogens is 336 g/mol. The van der Waals surface area contributed by atoms with Crippen LogP contribution in [0.1, 0.15) is 19.4 Å². The van der Waals surface area contributed by atoms with Crippen molar-refractivity contribution in [3.05, 3.63) is 48.0 Å². The maximum absolute atomic E-state index is 12.3. The maximum atomic E-state index is 12.3. The summed E-state index contributed by atoms with van der Waals surface area (Å²) in [4.78, 5) is 36.7. The molecule has 7 heteroatoms. The first-order chi connectivity index (χ1) is 12.5. The van der Waals surface area contributed by atoms with Crippen LogP contribution in [-0.2, 0) is 25.5 Å². The van der Waals surface area contributed by atoms with Gasteiger partial charge in [0.05, 0.1) is 13.2 Å². The summed E-state index contributed by atoms with van der Waals surface area (Å²) < 4.78 is 9.57. The third-order valence-corrected chi connectivity index (χ3v) is 3.69. The summed E-state index contributed by atoms with van der Waals surface area (Å²) in [5.74, 6) is -1.32. The Kier molecular flexibility index (Phi) is 9.53. The first kappa shape index (κ1) is 21.2. The fourth-order valence-electron chi connectivity index (χ4n) is 2.26. The minimum atomic E-state index is -0.675. The molecule has 0 unspecified atom stereocenters. The molecule has 1 aromatic rings. The quantitative estimate of drug-likeness (QED) is 0.536. The zero-order valence-corrected chi connectivity index (χ0v) is 15.4. The summed E-state index contributed by atoms with van der Waals surface area (Å²) in [6.45, 7) is 4.95. The van der Waals surface area contributed by atoms with Crippen molar-refractivity contribution in [2.45, 2.75) is 26.3 Å². The van der Waals surface area contributed by atoms with E-state index >= 15 is 0 Å². The van der Waals surface area contributed by atoms with Gasteiger partial charge in [-0.2, -0.15) is 0 Å². The Bertz CT molecular complexity index is 612. The summed E-state index contributed by atoms with van der Waals surface area (Å²) in [5.41, 5.74) is 1.01. The number of hydrogen-bond acceptors (Lipinski definition) is 5. The first-order valence-electron chi connectivity index (χ1n) is 8.52. The highest BCUT2D eigenvalue weighted by atomic mass is 16.5. The van der Waals surface area contributed by atoms with E-state index in [2.05, 4.69) is 10.1 Å². The van der Waals surface area contributed by atoms with Gasteiger partial charge in [-0.1, -0.05) is 30.3 Å². The van der Waals surface area contributed by atoms with Gasteiger partial charge in [-0.05, 0) is 25.8 Å². The van der Waals surface area contributed by atoms with Crippen molar-refractivity contribution in [2.75, 3.05) is 26.8 Å². The molecule has 0 saturated carbocycles. The molecule has 0 aromatic heterocycles. The Morgan fingerprint density at radius 3 is 2.27 bits per heavy atom. The highest BCUT2D eigenvalue weighted by Gasteiger charge is 2.18. The lowest BCUT2D eigenvalue weighted by molar-refractivity contribution is -0.139. The zero-order valence-electron chi connectivity index (χ0n) is 15.4. The summed E-state index contributed by atoms with van der Waals surface area (Å²) >= 11 is 0. The standard InChI is InChI=1S/C19H26N2O5/c1-4-21(5-2)19(24)20-16(13-15-9-7-6-8-10-15)14-26-18(23)12-11-17(22)25-3/h6-12,16H,4-5,13-14H2,1-3H3,(H,20,24)/b12-11+/t16-/m0/s1. The number of rotatable bonds is 9. The Balaban J connectivity index is 2.71.